The van der Waals surface area contributed by atoms with Gasteiger partial charge in [0, 0.05) is 37.8 Å². The molecule has 27 heavy (non-hydrogen) atoms. The lowest BCUT2D eigenvalue weighted by Gasteiger charge is -2.32. The summed E-state index contributed by atoms with van der Waals surface area (Å²) >= 11 is 0. The molecule has 0 bridgehead atoms. The molecule has 0 spiro atoms. The lowest BCUT2D eigenvalue weighted by atomic mass is 9.92. The standard InChI is InChI=1S/C20H24N4O3/c1-23-17-5-3-2-4-14(17)10-15(19(23)26)20(27)24-8-6-13(7-9-24)16-11-18(25)22-12-21-16/h10-13H,2-9H2,1H3,(H,21,22,25). The summed E-state index contributed by atoms with van der Waals surface area (Å²) in [6, 6.07) is 3.35. The second-order valence-electron chi connectivity index (χ2n) is 7.50. The van der Waals surface area contributed by atoms with Crippen LogP contribution in [0.3, 0.4) is 0 Å². The number of piperidine rings is 1. The van der Waals surface area contributed by atoms with E-state index in [1.807, 2.05) is 6.07 Å². The van der Waals surface area contributed by atoms with Crippen LogP contribution in [0.1, 0.15) is 58.9 Å². The van der Waals surface area contributed by atoms with Crippen molar-refractivity contribution in [2.24, 2.45) is 7.05 Å². The van der Waals surface area contributed by atoms with Gasteiger partial charge in [0.1, 0.15) is 5.56 Å². The smallest absolute Gasteiger partial charge is 0.263 e. The topological polar surface area (TPSA) is 88.1 Å². The predicted molar refractivity (Wildman–Crippen MR) is 101 cm³/mol. The molecule has 0 unspecified atom stereocenters. The van der Waals surface area contributed by atoms with Crippen LogP contribution in [-0.2, 0) is 19.9 Å². The van der Waals surface area contributed by atoms with Gasteiger partial charge in [-0.2, -0.15) is 0 Å². The molecule has 2 aromatic heterocycles. The Morgan fingerprint density at radius 3 is 2.63 bits per heavy atom. The van der Waals surface area contributed by atoms with Gasteiger partial charge in [-0.3, -0.25) is 14.4 Å². The Hall–Kier alpha value is -2.70. The van der Waals surface area contributed by atoms with E-state index in [-0.39, 0.29) is 28.5 Å². The van der Waals surface area contributed by atoms with Crippen LogP contribution in [0.4, 0.5) is 0 Å². The van der Waals surface area contributed by atoms with Crippen molar-refractivity contribution in [1.82, 2.24) is 19.4 Å². The molecule has 0 saturated carbocycles. The number of aromatic nitrogens is 3. The average molecular weight is 368 g/mol. The van der Waals surface area contributed by atoms with Gasteiger partial charge in [-0.25, -0.2) is 4.98 Å². The zero-order valence-electron chi connectivity index (χ0n) is 15.5. The van der Waals surface area contributed by atoms with Crippen LogP contribution in [-0.4, -0.2) is 38.4 Å². The number of likely N-dealkylation sites (tertiary alicyclic amines) is 1. The van der Waals surface area contributed by atoms with Gasteiger partial charge in [-0.15, -0.1) is 0 Å². The van der Waals surface area contributed by atoms with Crippen LogP contribution < -0.4 is 11.1 Å². The monoisotopic (exact) mass is 368 g/mol. The maximum atomic E-state index is 13.0. The number of aryl methyl sites for hydroxylation is 1. The third-order valence-electron chi connectivity index (χ3n) is 5.87. The van der Waals surface area contributed by atoms with E-state index >= 15 is 0 Å². The van der Waals surface area contributed by atoms with Gasteiger partial charge in [-0.05, 0) is 50.2 Å². The Morgan fingerprint density at radius 2 is 1.89 bits per heavy atom. The highest BCUT2D eigenvalue weighted by Crippen LogP contribution is 2.27. The number of pyridine rings is 1. The van der Waals surface area contributed by atoms with Crippen molar-refractivity contribution >= 4 is 5.91 Å². The maximum absolute atomic E-state index is 13.0. The molecule has 142 valence electrons. The Bertz CT molecular complexity index is 983. The summed E-state index contributed by atoms with van der Waals surface area (Å²) in [6.07, 6.45) is 6.95. The first kappa shape index (κ1) is 17.7. The second-order valence-corrected chi connectivity index (χ2v) is 7.50. The minimum Gasteiger partial charge on any atom is -0.338 e. The molecule has 2 aromatic rings. The number of rotatable bonds is 2. The molecule has 7 nitrogen and oxygen atoms in total. The highest BCUT2D eigenvalue weighted by atomic mass is 16.2. The number of nitrogens with zero attached hydrogens (tertiary/aromatic N) is 3. The summed E-state index contributed by atoms with van der Waals surface area (Å²) in [4.78, 5) is 45.7. The number of hydrogen-bond acceptors (Lipinski definition) is 4. The average Bonchev–Trinajstić information content (AvgIpc) is 2.70. The number of carbonyl (C=O) groups excluding carboxylic acids is 1. The molecule has 1 N–H and O–H groups in total. The molecule has 3 heterocycles. The largest absolute Gasteiger partial charge is 0.338 e. The minimum atomic E-state index is -0.195. The highest BCUT2D eigenvalue weighted by Gasteiger charge is 2.28. The molecule has 0 atom stereocenters. The van der Waals surface area contributed by atoms with E-state index in [0.29, 0.717) is 13.1 Å². The Morgan fingerprint density at radius 1 is 1.15 bits per heavy atom. The van der Waals surface area contributed by atoms with Gasteiger partial charge >= 0.3 is 0 Å². The van der Waals surface area contributed by atoms with Crippen LogP contribution in [0, 0.1) is 0 Å². The van der Waals surface area contributed by atoms with Gasteiger partial charge in [0.25, 0.3) is 17.0 Å². The zero-order valence-corrected chi connectivity index (χ0v) is 15.5. The fraction of sp³-hybridized carbons (Fsp3) is 0.500. The second kappa shape index (κ2) is 7.13. The summed E-state index contributed by atoms with van der Waals surface area (Å²) in [5, 5.41) is 0. The molecule has 1 aliphatic carbocycles. The molecule has 1 saturated heterocycles. The number of aromatic amines is 1. The fourth-order valence-corrected chi connectivity index (χ4v) is 4.30. The van der Waals surface area contributed by atoms with Crippen molar-refractivity contribution in [1.29, 1.82) is 0 Å². The SMILES string of the molecule is Cn1c2c(cc(C(=O)N3CCC(c4cc(=O)[nH]cn4)CC3)c1=O)CCCC2. The Balaban J connectivity index is 1.52. The normalized spacial score (nSPS) is 17.6. The summed E-state index contributed by atoms with van der Waals surface area (Å²) < 4.78 is 1.66. The first-order valence-electron chi connectivity index (χ1n) is 9.60. The Labute approximate surface area is 157 Å². The van der Waals surface area contributed by atoms with Crippen LogP contribution in [0.2, 0.25) is 0 Å². The van der Waals surface area contributed by atoms with E-state index < -0.39 is 0 Å². The number of fused-ring (bicyclic) bond motifs is 1. The molecule has 0 radical (unpaired) electrons. The van der Waals surface area contributed by atoms with Crippen LogP contribution >= 0.6 is 0 Å². The van der Waals surface area contributed by atoms with Crippen LogP contribution in [0.15, 0.2) is 28.0 Å². The van der Waals surface area contributed by atoms with Gasteiger partial charge in [-0.1, -0.05) is 0 Å². The molecule has 1 fully saturated rings. The molecule has 7 heteroatoms. The van der Waals surface area contributed by atoms with Gasteiger partial charge in [0.2, 0.25) is 0 Å². The predicted octanol–water partition coefficient (Wildman–Crippen LogP) is 1.37. The van der Waals surface area contributed by atoms with E-state index in [1.165, 1.54) is 12.4 Å². The number of hydrogen-bond donors (Lipinski definition) is 1. The quantitative estimate of drug-likeness (QED) is 0.867. The van der Waals surface area contributed by atoms with Crippen LogP contribution in [0.25, 0.3) is 0 Å². The van der Waals surface area contributed by atoms with Gasteiger partial charge in [0.15, 0.2) is 0 Å². The van der Waals surface area contributed by atoms with Crippen molar-refractivity contribution in [3.63, 3.8) is 0 Å². The third kappa shape index (κ3) is 3.34. The number of nitrogens with one attached hydrogen (secondary N) is 1. The first-order chi connectivity index (χ1) is 13.0. The summed E-state index contributed by atoms with van der Waals surface area (Å²) in [6.45, 7) is 1.14. The lowest BCUT2D eigenvalue weighted by molar-refractivity contribution is 0.0709. The van der Waals surface area contributed by atoms with E-state index in [4.69, 9.17) is 0 Å². The molecule has 1 amide bonds. The summed E-state index contributed by atoms with van der Waals surface area (Å²) in [5.41, 5.74) is 2.91. The maximum Gasteiger partial charge on any atom is 0.263 e. The molecule has 2 aliphatic rings. The van der Waals surface area contributed by atoms with Crippen molar-refractivity contribution in [2.45, 2.75) is 44.4 Å². The van der Waals surface area contributed by atoms with Crippen molar-refractivity contribution in [3.8, 4) is 0 Å². The molecular weight excluding hydrogens is 344 g/mol. The zero-order chi connectivity index (χ0) is 19.0. The molecule has 0 aromatic carbocycles. The third-order valence-corrected chi connectivity index (χ3v) is 5.87. The van der Waals surface area contributed by atoms with E-state index in [2.05, 4.69) is 9.97 Å². The van der Waals surface area contributed by atoms with Crippen molar-refractivity contribution in [2.75, 3.05) is 13.1 Å². The van der Waals surface area contributed by atoms with Crippen molar-refractivity contribution in [3.05, 3.63) is 61.7 Å². The van der Waals surface area contributed by atoms with E-state index in [9.17, 15) is 14.4 Å². The number of H-pyrrole nitrogens is 1. The minimum absolute atomic E-state index is 0.156. The summed E-state index contributed by atoms with van der Waals surface area (Å²) in [5.74, 6) is -0.0102. The van der Waals surface area contributed by atoms with Gasteiger partial charge in [0.05, 0.1) is 12.0 Å². The van der Waals surface area contributed by atoms with Crippen molar-refractivity contribution < 1.29 is 4.79 Å². The summed E-state index contributed by atoms with van der Waals surface area (Å²) in [7, 11) is 1.77. The number of carbonyl (C=O) groups is 1. The number of amides is 1. The van der Waals surface area contributed by atoms with E-state index in [0.717, 1.165) is 55.5 Å². The fourth-order valence-electron chi connectivity index (χ4n) is 4.30. The molecule has 4 rings (SSSR count). The van der Waals surface area contributed by atoms with Crippen LogP contribution in [0.5, 0.6) is 0 Å². The lowest BCUT2D eigenvalue weighted by Crippen LogP contribution is -2.41. The van der Waals surface area contributed by atoms with E-state index in [1.54, 1.807) is 16.5 Å². The first-order valence-corrected chi connectivity index (χ1v) is 9.60. The molecule has 1 aliphatic heterocycles. The Kier molecular flexibility index (Phi) is 4.68. The highest BCUT2D eigenvalue weighted by molar-refractivity contribution is 5.94. The molecular formula is C20H24N4O3. The van der Waals surface area contributed by atoms with Gasteiger partial charge < -0.3 is 14.5 Å².